The Bertz CT molecular complexity index is 328. The van der Waals surface area contributed by atoms with Crippen LogP contribution in [0.1, 0.15) is 43.7 Å². The Balaban J connectivity index is 2.27. The summed E-state index contributed by atoms with van der Waals surface area (Å²) in [6.45, 7) is 4.33. The summed E-state index contributed by atoms with van der Waals surface area (Å²) >= 11 is 3.55. The fourth-order valence-electron chi connectivity index (χ4n) is 1.65. The van der Waals surface area contributed by atoms with E-state index in [0.29, 0.717) is 13.2 Å². The van der Waals surface area contributed by atoms with Crippen LogP contribution in [0.4, 0.5) is 0 Å². The number of rotatable bonds is 8. The summed E-state index contributed by atoms with van der Waals surface area (Å²) in [6, 6.07) is 6.20. The molecule has 0 aliphatic heterocycles. The minimum atomic E-state index is 0.580. The van der Waals surface area contributed by atoms with E-state index in [0.717, 1.165) is 23.1 Å². The van der Waals surface area contributed by atoms with Gasteiger partial charge < -0.3 is 10.5 Å². The van der Waals surface area contributed by atoms with Gasteiger partial charge in [-0.25, -0.2) is 0 Å². The van der Waals surface area contributed by atoms with E-state index >= 15 is 0 Å². The Hall–Kier alpha value is -0.380. The highest BCUT2D eigenvalue weighted by Gasteiger charge is 2.01. The summed E-state index contributed by atoms with van der Waals surface area (Å²) < 4.78 is 6.75. The first-order chi connectivity index (χ1) is 8.27. The highest BCUT2D eigenvalue weighted by atomic mass is 79.9. The van der Waals surface area contributed by atoms with Crippen molar-refractivity contribution in [2.24, 2.45) is 5.73 Å². The van der Waals surface area contributed by atoms with Gasteiger partial charge in [0.15, 0.2) is 0 Å². The third-order valence-electron chi connectivity index (χ3n) is 2.75. The van der Waals surface area contributed by atoms with Crippen LogP contribution in [0.15, 0.2) is 22.7 Å². The SMILES string of the molecule is CCCCCCOCc1ccc(CN)cc1Br. The Labute approximate surface area is 113 Å². The maximum absolute atomic E-state index is 5.66. The third-order valence-corrected chi connectivity index (χ3v) is 3.49. The Kier molecular flexibility index (Phi) is 7.49. The van der Waals surface area contributed by atoms with Crippen molar-refractivity contribution in [3.05, 3.63) is 33.8 Å². The lowest BCUT2D eigenvalue weighted by Gasteiger charge is -2.07. The van der Waals surface area contributed by atoms with Gasteiger partial charge in [-0.15, -0.1) is 0 Å². The highest BCUT2D eigenvalue weighted by molar-refractivity contribution is 9.10. The lowest BCUT2D eigenvalue weighted by atomic mass is 10.1. The van der Waals surface area contributed by atoms with Gasteiger partial charge in [0.1, 0.15) is 0 Å². The molecule has 0 spiro atoms. The quantitative estimate of drug-likeness (QED) is 0.736. The predicted octanol–water partition coefficient (Wildman–Crippen LogP) is 4.00. The average molecular weight is 300 g/mol. The van der Waals surface area contributed by atoms with Crippen LogP contribution in [-0.4, -0.2) is 6.61 Å². The van der Waals surface area contributed by atoms with Crippen LogP contribution >= 0.6 is 15.9 Å². The summed E-state index contributed by atoms with van der Waals surface area (Å²) in [4.78, 5) is 0. The van der Waals surface area contributed by atoms with Crippen molar-refractivity contribution in [1.82, 2.24) is 0 Å². The van der Waals surface area contributed by atoms with Crippen LogP contribution in [-0.2, 0) is 17.9 Å². The monoisotopic (exact) mass is 299 g/mol. The zero-order valence-electron chi connectivity index (χ0n) is 10.5. The van der Waals surface area contributed by atoms with Crippen molar-refractivity contribution in [1.29, 1.82) is 0 Å². The molecule has 96 valence electrons. The van der Waals surface area contributed by atoms with E-state index in [-0.39, 0.29) is 0 Å². The third kappa shape index (κ3) is 5.66. The molecule has 1 aromatic rings. The van der Waals surface area contributed by atoms with E-state index in [4.69, 9.17) is 10.5 Å². The van der Waals surface area contributed by atoms with E-state index in [1.165, 1.54) is 24.8 Å². The number of hydrogen-bond acceptors (Lipinski definition) is 2. The first-order valence-electron chi connectivity index (χ1n) is 6.33. The number of ether oxygens (including phenoxy) is 1. The van der Waals surface area contributed by atoms with Crippen LogP contribution in [0, 0.1) is 0 Å². The molecule has 1 rings (SSSR count). The molecular formula is C14H22BrNO. The molecule has 0 aromatic heterocycles. The number of hydrogen-bond donors (Lipinski definition) is 1. The maximum atomic E-state index is 5.66. The summed E-state index contributed by atoms with van der Waals surface area (Å²) in [7, 11) is 0. The minimum absolute atomic E-state index is 0.580. The van der Waals surface area contributed by atoms with Crippen LogP contribution in [0.25, 0.3) is 0 Å². The van der Waals surface area contributed by atoms with Gasteiger partial charge in [0.25, 0.3) is 0 Å². The van der Waals surface area contributed by atoms with Crippen molar-refractivity contribution in [3.63, 3.8) is 0 Å². The van der Waals surface area contributed by atoms with Gasteiger partial charge in [0, 0.05) is 17.6 Å². The van der Waals surface area contributed by atoms with Crippen LogP contribution in [0.2, 0.25) is 0 Å². The number of benzene rings is 1. The fraction of sp³-hybridized carbons (Fsp3) is 0.571. The van der Waals surface area contributed by atoms with Crippen molar-refractivity contribution in [2.45, 2.75) is 45.8 Å². The highest BCUT2D eigenvalue weighted by Crippen LogP contribution is 2.19. The molecule has 0 amide bonds. The minimum Gasteiger partial charge on any atom is -0.377 e. The van der Waals surface area contributed by atoms with Gasteiger partial charge in [-0.3, -0.25) is 0 Å². The number of halogens is 1. The molecule has 0 bridgehead atoms. The van der Waals surface area contributed by atoms with Gasteiger partial charge in [0.2, 0.25) is 0 Å². The van der Waals surface area contributed by atoms with E-state index in [9.17, 15) is 0 Å². The van der Waals surface area contributed by atoms with Crippen LogP contribution in [0.5, 0.6) is 0 Å². The predicted molar refractivity (Wildman–Crippen MR) is 75.8 cm³/mol. The molecule has 2 N–H and O–H groups in total. The second-order valence-electron chi connectivity index (χ2n) is 4.24. The molecule has 0 saturated heterocycles. The van der Waals surface area contributed by atoms with Crippen molar-refractivity contribution >= 4 is 15.9 Å². The maximum Gasteiger partial charge on any atom is 0.0727 e. The summed E-state index contributed by atoms with van der Waals surface area (Å²) in [6.07, 6.45) is 5.00. The largest absolute Gasteiger partial charge is 0.377 e. The molecule has 0 heterocycles. The van der Waals surface area contributed by atoms with Crippen LogP contribution < -0.4 is 5.73 Å². The zero-order chi connectivity index (χ0) is 12.5. The second kappa shape index (κ2) is 8.67. The molecule has 0 aliphatic carbocycles. The molecule has 0 saturated carbocycles. The molecule has 2 nitrogen and oxygen atoms in total. The molecule has 0 radical (unpaired) electrons. The molecule has 0 aliphatic rings. The zero-order valence-corrected chi connectivity index (χ0v) is 12.1. The lowest BCUT2D eigenvalue weighted by Crippen LogP contribution is -1.99. The molecule has 0 unspecified atom stereocenters. The van der Waals surface area contributed by atoms with Crippen LogP contribution in [0.3, 0.4) is 0 Å². The Morgan fingerprint density at radius 3 is 2.71 bits per heavy atom. The summed E-state index contributed by atoms with van der Waals surface area (Å²) in [5.74, 6) is 0. The summed E-state index contributed by atoms with van der Waals surface area (Å²) in [5, 5.41) is 0. The molecule has 17 heavy (non-hydrogen) atoms. The standard InChI is InChI=1S/C14H22BrNO/c1-2-3-4-5-8-17-11-13-7-6-12(10-16)9-14(13)15/h6-7,9H,2-5,8,10-11,16H2,1H3. The van der Waals surface area contributed by atoms with Gasteiger partial charge >= 0.3 is 0 Å². The lowest BCUT2D eigenvalue weighted by molar-refractivity contribution is 0.116. The van der Waals surface area contributed by atoms with E-state index < -0.39 is 0 Å². The first-order valence-corrected chi connectivity index (χ1v) is 7.12. The smallest absolute Gasteiger partial charge is 0.0727 e. The molecule has 0 atom stereocenters. The van der Waals surface area contributed by atoms with Crippen molar-refractivity contribution in [2.75, 3.05) is 6.61 Å². The second-order valence-corrected chi connectivity index (χ2v) is 5.10. The number of unbranched alkanes of at least 4 members (excludes halogenated alkanes) is 3. The average Bonchev–Trinajstić information content (AvgIpc) is 2.35. The topological polar surface area (TPSA) is 35.2 Å². The molecule has 0 fully saturated rings. The molecule has 1 aromatic carbocycles. The van der Waals surface area contributed by atoms with Crippen molar-refractivity contribution < 1.29 is 4.74 Å². The molecule has 3 heteroatoms. The number of nitrogens with two attached hydrogens (primary N) is 1. The Morgan fingerprint density at radius 1 is 1.24 bits per heavy atom. The fourth-order valence-corrected chi connectivity index (χ4v) is 2.19. The normalized spacial score (nSPS) is 10.8. The van der Waals surface area contributed by atoms with Gasteiger partial charge in [0.05, 0.1) is 6.61 Å². The van der Waals surface area contributed by atoms with Crippen molar-refractivity contribution in [3.8, 4) is 0 Å². The molecular weight excluding hydrogens is 278 g/mol. The first kappa shape index (κ1) is 14.7. The van der Waals surface area contributed by atoms with E-state index in [1.54, 1.807) is 0 Å². The Morgan fingerprint density at radius 2 is 2.06 bits per heavy atom. The van der Waals surface area contributed by atoms with E-state index in [1.807, 2.05) is 0 Å². The van der Waals surface area contributed by atoms with E-state index in [2.05, 4.69) is 41.1 Å². The summed E-state index contributed by atoms with van der Waals surface area (Å²) in [5.41, 5.74) is 7.92. The van der Waals surface area contributed by atoms with Gasteiger partial charge in [-0.1, -0.05) is 54.2 Å². The van der Waals surface area contributed by atoms with Gasteiger partial charge in [-0.2, -0.15) is 0 Å². The van der Waals surface area contributed by atoms with Gasteiger partial charge in [-0.05, 0) is 23.6 Å².